The monoisotopic (exact) mass is 348 g/mol. The number of likely N-dealkylation sites (N-methyl/N-ethyl adjacent to an activating group) is 1. The summed E-state index contributed by atoms with van der Waals surface area (Å²) < 4.78 is 5.69. The second kappa shape index (κ2) is 10.3. The molecule has 1 saturated heterocycles. The number of ether oxygens (including phenoxy) is 1. The first kappa shape index (κ1) is 19.5. The summed E-state index contributed by atoms with van der Waals surface area (Å²) in [6.45, 7) is 9.00. The molecule has 6 heteroatoms. The number of anilines is 1. The fourth-order valence-corrected chi connectivity index (χ4v) is 2.82. The van der Waals surface area contributed by atoms with Gasteiger partial charge in [0.2, 0.25) is 0 Å². The Morgan fingerprint density at radius 3 is 2.68 bits per heavy atom. The van der Waals surface area contributed by atoms with Crippen molar-refractivity contribution >= 4 is 11.7 Å². The highest BCUT2D eigenvalue weighted by Crippen LogP contribution is 2.24. The molecular formula is C19H32N4O2. The molecular weight excluding hydrogens is 316 g/mol. The van der Waals surface area contributed by atoms with Crippen molar-refractivity contribution in [2.75, 3.05) is 65.3 Å². The van der Waals surface area contributed by atoms with E-state index in [1.165, 1.54) is 0 Å². The number of nitrogens with one attached hydrogen (secondary N) is 1. The predicted molar refractivity (Wildman–Crippen MR) is 102 cm³/mol. The molecule has 0 spiro atoms. The van der Waals surface area contributed by atoms with Gasteiger partial charge in [0.1, 0.15) is 5.75 Å². The molecule has 1 N–H and O–H groups in total. The van der Waals surface area contributed by atoms with Crippen LogP contribution in [0.5, 0.6) is 5.75 Å². The zero-order chi connectivity index (χ0) is 18.1. The topological polar surface area (TPSA) is 48.1 Å². The third-order valence-electron chi connectivity index (χ3n) is 4.50. The predicted octanol–water partition coefficient (Wildman–Crippen LogP) is 2.58. The quantitative estimate of drug-likeness (QED) is 0.784. The van der Waals surface area contributed by atoms with E-state index >= 15 is 0 Å². The third kappa shape index (κ3) is 6.55. The summed E-state index contributed by atoms with van der Waals surface area (Å²) in [5.41, 5.74) is 0.729. The van der Waals surface area contributed by atoms with Crippen LogP contribution in [0.2, 0.25) is 0 Å². The Bertz CT molecular complexity index is 530. The Balaban J connectivity index is 1.74. The number of piperazine rings is 1. The van der Waals surface area contributed by atoms with Gasteiger partial charge in [-0.2, -0.15) is 0 Å². The first-order chi connectivity index (χ1) is 12.1. The smallest absolute Gasteiger partial charge is 0.321 e. The maximum Gasteiger partial charge on any atom is 0.321 e. The van der Waals surface area contributed by atoms with Crippen LogP contribution in [0, 0.1) is 0 Å². The molecule has 2 rings (SSSR count). The molecule has 140 valence electrons. The molecule has 0 atom stereocenters. The molecule has 0 radical (unpaired) electrons. The normalized spacial score (nSPS) is 15.8. The van der Waals surface area contributed by atoms with Crippen LogP contribution in [0.1, 0.15) is 19.8 Å². The van der Waals surface area contributed by atoms with Gasteiger partial charge < -0.3 is 24.8 Å². The van der Waals surface area contributed by atoms with Crippen LogP contribution < -0.4 is 10.1 Å². The number of para-hydroxylation sites is 2. The van der Waals surface area contributed by atoms with Gasteiger partial charge in [-0.15, -0.1) is 0 Å². The number of carbonyl (C=O) groups excluding carboxylic acids is 1. The van der Waals surface area contributed by atoms with E-state index in [1.807, 2.05) is 31.3 Å². The zero-order valence-corrected chi connectivity index (χ0v) is 15.8. The van der Waals surface area contributed by atoms with E-state index in [2.05, 4.69) is 29.1 Å². The van der Waals surface area contributed by atoms with E-state index in [-0.39, 0.29) is 6.03 Å². The Morgan fingerprint density at radius 2 is 1.96 bits per heavy atom. The molecule has 1 fully saturated rings. The lowest BCUT2D eigenvalue weighted by atomic mass is 10.3. The van der Waals surface area contributed by atoms with Crippen LogP contribution in [0.4, 0.5) is 10.5 Å². The molecule has 1 aromatic carbocycles. The highest BCUT2D eigenvalue weighted by molar-refractivity contribution is 5.90. The minimum absolute atomic E-state index is 0.0917. The van der Waals surface area contributed by atoms with Crippen LogP contribution in [0.25, 0.3) is 0 Å². The molecule has 0 bridgehead atoms. The fourth-order valence-electron chi connectivity index (χ4n) is 2.82. The average molecular weight is 348 g/mol. The second-order valence-electron chi connectivity index (χ2n) is 6.69. The minimum Gasteiger partial charge on any atom is -0.491 e. The number of carbonyl (C=O) groups is 1. The van der Waals surface area contributed by atoms with E-state index in [0.29, 0.717) is 6.61 Å². The zero-order valence-electron chi connectivity index (χ0n) is 15.8. The van der Waals surface area contributed by atoms with Gasteiger partial charge in [0.25, 0.3) is 0 Å². The van der Waals surface area contributed by atoms with Crippen molar-refractivity contribution < 1.29 is 9.53 Å². The van der Waals surface area contributed by atoms with E-state index in [1.54, 1.807) is 4.90 Å². The minimum atomic E-state index is -0.0917. The van der Waals surface area contributed by atoms with Gasteiger partial charge in [0.15, 0.2) is 0 Å². The third-order valence-corrected chi connectivity index (χ3v) is 4.50. The summed E-state index contributed by atoms with van der Waals surface area (Å²) in [5, 5.41) is 2.96. The lowest BCUT2D eigenvalue weighted by Gasteiger charge is -2.32. The first-order valence-corrected chi connectivity index (χ1v) is 9.25. The fraction of sp³-hybridized carbons (Fsp3) is 0.632. The number of rotatable bonds is 8. The maximum atomic E-state index is 12.4. The number of hydrogen-bond donors (Lipinski definition) is 1. The number of amides is 2. The van der Waals surface area contributed by atoms with Crippen molar-refractivity contribution in [2.45, 2.75) is 19.8 Å². The van der Waals surface area contributed by atoms with Crippen LogP contribution >= 0.6 is 0 Å². The lowest BCUT2D eigenvalue weighted by Crippen LogP contribution is -2.45. The van der Waals surface area contributed by atoms with Gasteiger partial charge in [0.05, 0.1) is 12.3 Å². The molecule has 1 aromatic rings. The molecule has 6 nitrogen and oxygen atoms in total. The van der Waals surface area contributed by atoms with Gasteiger partial charge in [-0.3, -0.25) is 0 Å². The second-order valence-corrected chi connectivity index (χ2v) is 6.69. The first-order valence-electron chi connectivity index (χ1n) is 9.25. The summed E-state index contributed by atoms with van der Waals surface area (Å²) in [5.74, 6) is 0.725. The van der Waals surface area contributed by atoms with Gasteiger partial charge in [-0.1, -0.05) is 19.1 Å². The number of nitrogens with zero attached hydrogens (tertiary/aromatic N) is 3. The van der Waals surface area contributed by atoms with E-state index in [0.717, 1.165) is 63.5 Å². The Morgan fingerprint density at radius 1 is 1.24 bits per heavy atom. The van der Waals surface area contributed by atoms with E-state index < -0.39 is 0 Å². The molecule has 1 aliphatic heterocycles. The summed E-state index contributed by atoms with van der Waals surface area (Å²) in [7, 11) is 4.01. The van der Waals surface area contributed by atoms with Crippen molar-refractivity contribution in [3.63, 3.8) is 0 Å². The number of hydrogen-bond acceptors (Lipinski definition) is 4. The highest BCUT2D eigenvalue weighted by Gasteiger charge is 2.15. The molecule has 0 saturated carbocycles. The van der Waals surface area contributed by atoms with Crippen molar-refractivity contribution in [3.05, 3.63) is 24.3 Å². The number of benzene rings is 1. The maximum absolute atomic E-state index is 12.4. The molecule has 25 heavy (non-hydrogen) atoms. The Hall–Kier alpha value is -1.79. The summed E-state index contributed by atoms with van der Waals surface area (Å²) in [4.78, 5) is 19.0. The van der Waals surface area contributed by atoms with Crippen molar-refractivity contribution in [1.82, 2.24) is 14.7 Å². The Labute approximate surface area is 151 Å². The van der Waals surface area contributed by atoms with Crippen LogP contribution in [-0.2, 0) is 0 Å². The lowest BCUT2D eigenvalue weighted by molar-refractivity contribution is 0.149. The van der Waals surface area contributed by atoms with E-state index in [9.17, 15) is 4.79 Å². The van der Waals surface area contributed by atoms with Crippen LogP contribution in [-0.4, -0.2) is 80.7 Å². The highest BCUT2D eigenvalue weighted by atomic mass is 16.5. The molecule has 0 aromatic heterocycles. The summed E-state index contributed by atoms with van der Waals surface area (Å²) in [6, 6.07) is 7.49. The largest absolute Gasteiger partial charge is 0.491 e. The van der Waals surface area contributed by atoms with Gasteiger partial charge in [-0.25, -0.2) is 4.79 Å². The van der Waals surface area contributed by atoms with Gasteiger partial charge in [-0.05, 0) is 38.6 Å². The molecule has 1 heterocycles. The van der Waals surface area contributed by atoms with E-state index in [4.69, 9.17) is 4.74 Å². The van der Waals surface area contributed by atoms with Crippen molar-refractivity contribution in [1.29, 1.82) is 0 Å². The number of urea groups is 1. The summed E-state index contributed by atoms with van der Waals surface area (Å²) >= 11 is 0. The molecule has 0 aliphatic carbocycles. The average Bonchev–Trinajstić information content (AvgIpc) is 2.62. The summed E-state index contributed by atoms with van der Waals surface area (Å²) in [6.07, 6.45) is 1.93. The van der Waals surface area contributed by atoms with Gasteiger partial charge >= 0.3 is 6.03 Å². The molecule has 1 aliphatic rings. The standard InChI is InChI=1S/C19H32N4O2/c1-4-16-25-18-9-6-5-8-17(18)20-19(24)22(3)10-7-11-23-14-12-21(2)13-15-23/h5-6,8-9H,4,7,10-16H2,1-3H3,(H,20,24). The Kier molecular flexibility index (Phi) is 8.01. The van der Waals surface area contributed by atoms with Crippen molar-refractivity contribution in [3.8, 4) is 5.75 Å². The van der Waals surface area contributed by atoms with Gasteiger partial charge in [0, 0.05) is 39.8 Å². The van der Waals surface area contributed by atoms with Crippen molar-refractivity contribution in [2.24, 2.45) is 0 Å². The molecule has 0 unspecified atom stereocenters. The molecule has 2 amide bonds. The SMILES string of the molecule is CCCOc1ccccc1NC(=O)N(C)CCCN1CCN(C)CC1. The van der Waals surface area contributed by atoms with Crippen LogP contribution in [0.15, 0.2) is 24.3 Å². The van der Waals surface area contributed by atoms with Crippen LogP contribution in [0.3, 0.4) is 0 Å².